The second kappa shape index (κ2) is 9.55. The van der Waals surface area contributed by atoms with Crippen LogP contribution < -0.4 is 17.0 Å². The highest BCUT2D eigenvalue weighted by Crippen LogP contribution is 2.25. The van der Waals surface area contributed by atoms with E-state index in [1.807, 2.05) is 13.8 Å². The summed E-state index contributed by atoms with van der Waals surface area (Å²) in [5, 5.41) is 0. The highest BCUT2D eigenvalue weighted by molar-refractivity contribution is 7.89. The Balaban J connectivity index is 1.62. The Morgan fingerprint density at radius 3 is 2.26 bits per heavy atom. The number of carbonyl (C=O) groups is 2. The average molecular weight is 493 g/mol. The van der Waals surface area contributed by atoms with E-state index < -0.39 is 51.1 Å². The van der Waals surface area contributed by atoms with Gasteiger partial charge in [0.1, 0.15) is 11.4 Å². The van der Waals surface area contributed by atoms with Gasteiger partial charge in [0.2, 0.25) is 15.8 Å². The van der Waals surface area contributed by atoms with Gasteiger partial charge in [-0.3, -0.25) is 23.5 Å². The van der Waals surface area contributed by atoms with Crippen LogP contribution in [0.25, 0.3) is 0 Å². The van der Waals surface area contributed by atoms with Gasteiger partial charge in [0.15, 0.2) is 6.61 Å². The number of ether oxygens (including phenoxy) is 1. The summed E-state index contributed by atoms with van der Waals surface area (Å²) >= 11 is 0. The van der Waals surface area contributed by atoms with Crippen molar-refractivity contribution in [2.45, 2.75) is 31.6 Å². The van der Waals surface area contributed by atoms with E-state index in [0.717, 1.165) is 20.3 Å². The number of sulfonamides is 1. The molecule has 1 saturated heterocycles. The van der Waals surface area contributed by atoms with E-state index in [9.17, 15) is 27.6 Å². The number of nitrogens with two attached hydrogens (primary N) is 1. The number of ketones is 1. The van der Waals surface area contributed by atoms with E-state index in [0.29, 0.717) is 0 Å². The maximum atomic E-state index is 12.9. The standard InChI is InChI=1S/C22H28N4O7S/c1-13-5-6-16(11-14(13)2)34(31,32)26-9-7-15(8-10-26)21(29)33-12-17(27)18-19(23)24(3)22(30)25(4)20(18)28/h5-6,11,15H,7-10,12,23H2,1-4H3. The van der Waals surface area contributed by atoms with Crippen LogP contribution in [-0.4, -0.2) is 53.3 Å². The molecule has 0 unspecified atom stereocenters. The predicted octanol–water partition coefficient (Wildman–Crippen LogP) is 0.110. The third-order valence-electron chi connectivity index (χ3n) is 6.24. The molecule has 0 spiro atoms. The molecular weight excluding hydrogens is 464 g/mol. The minimum absolute atomic E-state index is 0.136. The maximum absolute atomic E-state index is 12.9. The lowest BCUT2D eigenvalue weighted by atomic mass is 9.98. The molecule has 1 aromatic heterocycles. The van der Waals surface area contributed by atoms with Crippen LogP contribution in [0.3, 0.4) is 0 Å². The number of rotatable bonds is 6. The fraction of sp³-hybridized carbons (Fsp3) is 0.455. The quantitative estimate of drug-likeness (QED) is 0.441. The van der Waals surface area contributed by atoms with Gasteiger partial charge in [-0.15, -0.1) is 0 Å². The number of hydrogen-bond acceptors (Lipinski definition) is 8. The Morgan fingerprint density at radius 2 is 1.68 bits per heavy atom. The van der Waals surface area contributed by atoms with Crippen molar-refractivity contribution in [3.05, 3.63) is 55.7 Å². The number of aromatic nitrogens is 2. The van der Waals surface area contributed by atoms with Gasteiger partial charge in [0.05, 0.1) is 10.8 Å². The Morgan fingerprint density at radius 1 is 1.06 bits per heavy atom. The summed E-state index contributed by atoms with van der Waals surface area (Å²) in [4.78, 5) is 49.4. The average Bonchev–Trinajstić information content (AvgIpc) is 2.81. The Hall–Kier alpha value is -3.25. The van der Waals surface area contributed by atoms with Gasteiger partial charge in [-0.25, -0.2) is 13.2 Å². The smallest absolute Gasteiger partial charge is 0.332 e. The molecule has 12 heteroatoms. The molecule has 0 aliphatic carbocycles. The van der Waals surface area contributed by atoms with E-state index in [-0.39, 0.29) is 36.6 Å². The Labute approximate surface area is 196 Å². The number of esters is 1. The summed E-state index contributed by atoms with van der Waals surface area (Å²) in [5.41, 5.74) is 5.64. The van der Waals surface area contributed by atoms with Crippen LogP contribution in [-0.2, 0) is 33.7 Å². The normalized spacial score (nSPS) is 15.3. The lowest BCUT2D eigenvalue weighted by Crippen LogP contribution is -2.42. The molecular formula is C22H28N4O7S. The van der Waals surface area contributed by atoms with Crippen molar-refractivity contribution >= 4 is 27.6 Å². The van der Waals surface area contributed by atoms with Gasteiger partial charge < -0.3 is 10.5 Å². The number of benzene rings is 1. The van der Waals surface area contributed by atoms with E-state index >= 15 is 0 Å². The third-order valence-corrected chi connectivity index (χ3v) is 8.13. The first-order valence-corrected chi connectivity index (χ1v) is 12.1. The molecule has 2 N–H and O–H groups in total. The molecule has 0 radical (unpaired) electrons. The number of Topliss-reactive ketones (excluding diaryl/α,β-unsaturated/α-hetero) is 1. The van der Waals surface area contributed by atoms with E-state index in [4.69, 9.17) is 10.5 Å². The van der Waals surface area contributed by atoms with E-state index in [1.165, 1.54) is 18.4 Å². The molecule has 2 heterocycles. The van der Waals surface area contributed by atoms with Crippen molar-refractivity contribution in [3.8, 4) is 0 Å². The summed E-state index contributed by atoms with van der Waals surface area (Å²) in [7, 11) is -1.15. The molecule has 1 aliphatic heterocycles. The fourth-order valence-electron chi connectivity index (χ4n) is 3.80. The zero-order valence-corrected chi connectivity index (χ0v) is 20.3. The van der Waals surface area contributed by atoms with Crippen molar-refractivity contribution < 1.29 is 22.7 Å². The number of anilines is 1. The van der Waals surface area contributed by atoms with Crippen LogP contribution >= 0.6 is 0 Å². The molecule has 0 saturated carbocycles. The van der Waals surface area contributed by atoms with Crippen molar-refractivity contribution in [2.75, 3.05) is 25.4 Å². The highest BCUT2D eigenvalue weighted by Gasteiger charge is 2.33. The van der Waals surface area contributed by atoms with Crippen molar-refractivity contribution in [1.29, 1.82) is 0 Å². The number of aryl methyl sites for hydroxylation is 2. The number of hydrogen-bond donors (Lipinski definition) is 1. The molecule has 1 fully saturated rings. The van der Waals surface area contributed by atoms with Crippen molar-refractivity contribution in [3.63, 3.8) is 0 Å². The van der Waals surface area contributed by atoms with Gasteiger partial charge in [-0.1, -0.05) is 6.07 Å². The number of nitrogen functional groups attached to an aromatic ring is 1. The first-order chi connectivity index (χ1) is 15.9. The number of nitrogens with zero attached hydrogens (tertiary/aromatic N) is 3. The largest absolute Gasteiger partial charge is 0.457 e. The van der Waals surface area contributed by atoms with Crippen LogP contribution in [0.4, 0.5) is 5.82 Å². The van der Waals surface area contributed by atoms with Crippen LogP contribution in [0.5, 0.6) is 0 Å². The molecule has 34 heavy (non-hydrogen) atoms. The fourth-order valence-corrected chi connectivity index (χ4v) is 5.36. The monoisotopic (exact) mass is 492 g/mol. The van der Waals surface area contributed by atoms with Gasteiger partial charge in [-0.2, -0.15) is 4.31 Å². The lowest BCUT2D eigenvalue weighted by molar-refractivity contribution is -0.148. The van der Waals surface area contributed by atoms with Crippen LogP contribution in [0.2, 0.25) is 0 Å². The SMILES string of the molecule is Cc1ccc(S(=O)(=O)N2CCC(C(=O)OCC(=O)c3c(N)n(C)c(=O)n(C)c3=O)CC2)cc1C. The summed E-state index contributed by atoms with van der Waals surface area (Å²) < 4.78 is 34.0. The second-order valence-electron chi connectivity index (χ2n) is 8.42. The van der Waals surface area contributed by atoms with Gasteiger partial charge in [0, 0.05) is 27.2 Å². The molecule has 0 atom stereocenters. The number of piperidine rings is 1. The molecule has 0 amide bonds. The topological polar surface area (TPSA) is 151 Å². The first kappa shape index (κ1) is 25.4. The molecule has 0 bridgehead atoms. The first-order valence-electron chi connectivity index (χ1n) is 10.7. The number of carbonyl (C=O) groups excluding carboxylic acids is 2. The third kappa shape index (κ3) is 4.68. The van der Waals surface area contributed by atoms with Crippen molar-refractivity contribution in [2.24, 2.45) is 20.0 Å². The molecule has 2 aromatic rings. The molecule has 184 valence electrons. The van der Waals surface area contributed by atoms with Crippen molar-refractivity contribution in [1.82, 2.24) is 13.4 Å². The van der Waals surface area contributed by atoms with E-state index in [2.05, 4.69) is 0 Å². The highest BCUT2D eigenvalue weighted by atomic mass is 32.2. The minimum atomic E-state index is -3.69. The zero-order valence-electron chi connectivity index (χ0n) is 19.5. The second-order valence-corrected chi connectivity index (χ2v) is 10.4. The summed E-state index contributed by atoms with van der Waals surface area (Å²) in [6.07, 6.45) is 0.474. The van der Waals surface area contributed by atoms with Crippen LogP contribution in [0.1, 0.15) is 34.3 Å². The summed E-state index contributed by atoms with van der Waals surface area (Å²) in [6, 6.07) is 4.96. The maximum Gasteiger partial charge on any atom is 0.332 e. The van der Waals surface area contributed by atoms with E-state index in [1.54, 1.807) is 18.2 Å². The molecule has 11 nitrogen and oxygen atoms in total. The van der Waals surface area contributed by atoms with Crippen LogP contribution in [0, 0.1) is 19.8 Å². The Kier molecular flexibility index (Phi) is 7.13. The van der Waals surface area contributed by atoms with Gasteiger partial charge >= 0.3 is 11.7 Å². The van der Waals surface area contributed by atoms with Gasteiger partial charge in [-0.05, 0) is 49.9 Å². The summed E-state index contributed by atoms with van der Waals surface area (Å²) in [5.74, 6) is -2.37. The molecule has 3 rings (SSSR count). The Bertz CT molecular complexity index is 1370. The van der Waals surface area contributed by atoms with Crippen LogP contribution in [0.15, 0.2) is 32.7 Å². The summed E-state index contributed by atoms with van der Waals surface area (Å²) in [6.45, 7) is 3.31. The molecule has 1 aromatic carbocycles. The predicted molar refractivity (Wildman–Crippen MR) is 124 cm³/mol. The zero-order chi connectivity index (χ0) is 25.4. The van der Waals surface area contributed by atoms with Gasteiger partial charge in [0.25, 0.3) is 5.56 Å². The molecule has 1 aliphatic rings. The minimum Gasteiger partial charge on any atom is -0.457 e. The lowest BCUT2D eigenvalue weighted by Gasteiger charge is -2.30.